The SMILES string of the molecule is C[C@@H]1CN(C)[C@@H](C)C[C@@H]1Nc1ccc(CN2CCCC2=O)cc1. The molecular weight excluding hydrogens is 286 g/mol. The zero-order chi connectivity index (χ0) is 16.4. The van der Waals surface area contributed by atoms with E-state index >= 15 is 0 Å². The van der Waals surface area contributed by atoms with E-state index in [1.165, 1.54) is 17.7 Å². The normalized spacial score (nSPS) is 29.1. The fourth-order valence-corrected chi connectivity index (χ4v) is 3.75. The molecule has 1 amide bonds. The Morgan fingerprint density at radius 1 is 1.22 bits per heavy atom. The van der Waals surface area contributed by atoms with Crippen LogP contribution in [0.4, 0.5) is 5.69 Å². The van der Waals surface area contributed by atoms with Gasteiger partial charge in [-0.05, 0) is 50.4 Å². The van der Waals surface area contributed by atoms with Gasteiger partial charge >= 0.3 is 0 Å². The highest BCUT2D eigenvalue weighted by Crippen LogP contribution is 2.24. The molecule has 0 aromatic heterocycles. The summed E-state index contributed by atoms with van der Waals surface area (Å²) in [6, 6.07) is 9.78. The largest absolute Gasteiger partial charge is 0.382 e. The van der Waals surface area contributed by atoms with Gasteiger partial charge in [-0.25, -0.2) is 0 Å². The second-order valence-electron chi connectivity index (χ2n) is 7.37. The molecule has 2 saturated heterocycles. The van der Waals surface area contributed by atoms with Crippen molar-refractivity contribution in [2.45, 2.75) is 51.7 Å². The van der Waals surface area contributed by atoms with Crippen molar-refractivity contribution < 1.29 is 4.79 Å². The molecule has 2 fully saturated rings. The van der Waals surface area contributed by atoms with Crippen LogP contribution < -0.4 is 5.32 Å². The zero-order valence-electron chi connectivity index (χ0n) is 14.6. The molecule has 2 aliphatic heterocycles. The summed E-state index contributed by atoms with van der Waals surface area (Å²) in [4.78, 5) is 16.1. The molecule has 0 saturated carbocycles. The van der Waals surface area contributed by atoms with Gasteiger partial charge in [0, 0.05) is 43.8 Å². The maximum Gasteiger partial charge on any atom is 0.222 e. The molecule has 0 spiro atoms. The highest BCUT2D eigenvalue weighted by atomic mass is 16.2. The topological polar surface area (TPSA) is 35.6 Å². The van der Waals surface area contributed by atoms with Gasteiger partial charge < -0.3 is 15.1 Å². The van der Waals surface area contributed by atoms with Crippen molar-refractivity contribution in [3.8, 4) is 0 Å². The minimum atomic E-state index is 0.293. The summed E-state index contributed by atoms with van der Waals surface area (Å²) in [6.45, 7) is 7.43. The quantitative estimate of drug-likeness (QED) is 0.928. The van der Waals surface area contributed by atoms with Gasteiger partial charge in [0.05, 0.1) is 0 Å². The molecule has 2 heterocycles. The van der Waals surface area contributed by atoms with Crippen molar-refractivity contribution in [2.24, 2.45) is 5.92 Å². The highest BCUT2D eigenvalue weighted by Gasteiger charge is 2.28. The number of hydrogen-bond acceptors (Lipinski definition) is 3. The molecule has 2 aliphatic rings. The Hall–Kier alpha value is -1.55. The summed E-state index contributed by atoms with van der Waals surface area (Å²) in [7, 11) is 2.21. The van der Waals surface area contributed by atoms with Gasteiger partial charge in [0.2, 0.25) is 5.91 Å². The van der Waals surface area contributed by atoms with E-state index in [0.29, 0.717) is 30.3 Å². The van der Waals surface area contributed by atoms with Gasteiger partial charge in [-0.1, -0.05) is 19.1 Å². The molecule has 1 aromatic carbocycles. The van der Waals surface area contributed by atoms with Gasteiger partial charge in [0.1, 0.15) is 0 Å². The Kier molecular flexibility index (Phi) is 4.90. The van der Waals surface area contributed by atoms with E-state index in [2.05, 4.69) is 55.4 Å². The summed E-state index contributed by atoms with van der Waals surface area (Å²) in [5.41, 5.74) is 2.41. The van der Waals surface area contributed by atoms with Crippen LogP contribution in [0.25, 0.3) is 0 Å². The number of benzene rings is 1. The molecule has 3 rings (SSSR count). The Morgan fingerprint density at radius 2 is 1.96 bits per heavy atom. The second-order valence-corrected chi connectivity index (χ2v) is 7.37. The van der Waals surface area contributed by atoms with E-state index in [0.717, 1.165) is 26.1 Å². The van der Waals surface area contributed by atoms with Gasteiger partial charge in [-0.3, -0.25) is 4.79 Å². The number of nitrogens with zero attached hydrogens (tertiary/aromatic N) is 2. The van der Waals surface area contributed by atoms with E-state index in [4.69, 9.17) is 0 Å². The maximum absolute atomic E-state index is 11.7. The maximum atomic E-state index is 11.7. The smallest absolute Gasteiger partial charge is 0.222 e. The van der Waals surface area contributed by atoms with Crippen LogP contribution in [0.15, 0.2) is 24.3 Å². The fraction of sp³-hybridized carbons (Fsp3) is 0.632. The molecule has 23 heavy (non-hydrogen) atoms. The summed E-state index contributed by atoms with van der Waals surface area (Å²) in [5, 5.41) is 3.70. The lowest BCUT2D eigenvalue weighted by atomic mass is 9.89. The van der Waals surface area contributed by atoms with Crippen molar-refractivity contribution in [3.63, 3.8) is 0 Å². The lowest BCUT2D eigenvalue weighted by Gasteiger charge is -2.40. The molecule has 1 aromatic rings. The molecule has 4 nitrogen and oxygen atoms in total. The first-order chi connectivity index (χ1) is 11.0. The number of piperidine rings is 1. The number of nitrogens with one attached hydrogen (secondary N) is 1. The summed E-state index contributed by atoms with van der Waals surface area (Å²) < 4.78 is 0. The van der Waals surface area contributed by atoms with Crippen molar-refractivity contribution >= 4 is 11.6 Å². The minimum Gasteiger partial charge on any atom is -0.382 e. The highest BCUT2D eigenvalue weighted by molar-refractivity contribution is 5.78. The van der Waals surface area contributed by atoms with Crippen LogP contribution in [0.3, 0.4) is 0 Å². The van der Waals surface area contributed by atoms with Crippen LogP contribution in [0.5, 0.6) is 0 Å². The zero-order valence-corrected chi connectivity index (χ0v) is 14.6. The molecule has 126 valence electrons. The Balaban J connectivity index is 1.58. The van der Waals surface area contributed by atoms with Crippen LogP contribution in [-0.2, 0) is 11.3 Å². The van der Waals surface area contributed by atoms with E-state index in [9.17, 15) is 4.79 Å². The lowest BCUT2D eigenvalue weighted by molar-refractivity contribution is -0.128. The molecule has 0 bridgehead atoms. The van der Waals surface area contributed by atoms with E-state index in [1.807, 2.05) is 4.90 Å². The van der Waals surface area contributed by atoms with Crippen LogP contribution in [-0.4, -0.2) is 47.9 Å². The first-order valence-electron chi connectivity index (χ1n) is 8.86. The number of carbonyl (C=O) groups excluding carboxylic acids is 1. The molecule has 0 unspecified atom stereocenters. The van der Waals surface area contributed by atoms with Crippen molar-refractivity contribution in [1.82, 2.24) is 9.80 Å². The molecule has 1 N–H and O–H groups in total. The number of anilines is 1. The number of carbonyl (C=O) groups is 1. The monoisotopic (exact) mass is 315 g/mol. The predicted octanol–water partition coefficient (Wildman–Crippen LogP) is 2.95. The number of hydrogen-bond donors (Lipinski definition) is 1. The van der Waals surface area contributed by atoms with Crippen molar-refractivity contribution in [3.05, 3.63) is 29.8 Å². The third kappa shape index (κ3) is 3.86. The van der Waals surface area contributed by atoms with Gasteiger partial charge in [-0.15, -0.1) is 0 Å². The van der Waals surface area contributed by atoms with E-state index in [-0.39, 0.29) is 0 Å². The van der Waals surface area contributed by atoms with E-state index in [1.54, 1.807) is 0 Å². The molecular formula is C19H29N3O. The first kappa shape index (κ1) is 16.3. The predicted molar refractivity (Wildman–Crippen MR) is 94.4 cm³/mol. The van der Waals surface area contributed by atoms with Crippen LogP contribution in [0, 0.1) is 5.92 Å². The van der Waals surface area contributed by atoms with Crippen molar-refractivity contribution in [1.29, 1.82) is 0 Å². The van der Waals surface area contributed by atoms with Gasteiger partial charge in [-0.2, -0.15) is 0 Å². The Labute approximate surface area is 139 Å². The third-order valence-corrected chi connectivity index (χ3v) is 5.46. The molecule has 0 radical (unpaired) electrons. The number of likely N-dealkylation sites (tertiary alicyclic amines) is 2. The Bertz CT molecular complexity index is 542. The average molecular weight is 315 g/mol. The fourth-order valence-electron chi connectivity index (χ4n) is 3.75. The van der Waals surface area contributed by atoms with Gasteiger partial charge in [0.25, 0.3) is 0 Å². The van der Waals surface area contributed by atoms with Gasteiger partial charge in [0.15, 0.2) is 0 Å². The lowest BCUT2D eigenvalue weighted by Crippen LogP contribution is -2.48. The molecule has 0 aliphatic carbocycles. The van der Waals surface area contributed by atoms with Crippen LogP contribution in [0.2, 0.25) is 0 Å². The summed E-state index contributed by atoms with van der Waals surface area (Å²) >= 11 is 0. The molecule has 3 atom stereocenters. The van der Waals surface area contributed by atoms with E-state index < -0.39 is 0 Å². The second kappa shape index (κ2) is 6.91. The summed E-state index contributed by atoms with van der Waals surface area (Å²) in [6.07, 6.45) is 2.90. The Morgan fingerprint density at radius 3 is 2.61 bits per heavy atom. The molecule has 4 heteroatoms. The summed E-state index contributed by atoms with van der Waals surface area (Å²) in [5.74, 6) is 0.944. The first-order valence-corrected chi connectivity index (χ1v) is 8.86. The minimum absolute atomic E-state index is 0.293. The average Bonchev–Trinajstić information content (AvgIpc) is 2.92. The van der Waals surface area contributed by atoms with Crippen LogP contribution >= 0.6 is 0 Å². The van der Waals surface area contributed by atoms with Crippen molar-refractivity contribution in [2.75, 3.05) is 25.5 Å². The van der Waals surface area contributed by atoms with Crippen LogP contribution in [0.1, 0.15) is 38.7 Å². The number of amides is 1. The number of rotatable bonds is 4. The third-order valence-electron chi connectivity index (χ3n) is 5.46. The standard InChI is InChI=1S/C19H29N3O/c1-14-12-21(3)15(2)11-18(14)20-17-8-6-16(7-9-17)13-22-10-4-5-19(22)23/h6-9,14-15,18,20H,4-5,10-13H2,1-3H3/t14-,15+,18+/m1/s1.